The lowest BCUT2D eigenvalue weighted by Crippen LogP contribution is -2.70. The molecule has 2 aromatic rings. The Bertz CT molecular complexity index is 1020. The van der Waals surface area contributed by atoms with Crippen molar-refractivity contribution in [1.82, 2.24) is 19.5 Å². The monoisotopic (exact) mass is 381 g/mol. The molecule has 4 bridgehead atoms. The van der Waals surface area contributed by atoms with Crippen molar-refractivity contribution in [3.63, 3.8) is 0 Å². The highest BCUT2D eigenvalue weighted by atomic mass is 31.2. The van der Waals surface area contributed by atoms with Crippen LogP contribution in [0.4, 0.5) is 5.82 Å². The number of rotatable bonds is 3. The number of aromatic nitrogens is 4. The fourth-order valence-corrected chi connectivity index (χ4v) is 7.64. The first-order chi connectivity index (χ1) is 12.0. The number of hydrogen-bond acceptors (Lipinski definition) is 7. The third kappa shape index (κ3) is 1.51. The second-order valence-electron chi connectivity index (χ2n) is 8.28. The molecule has 5 aliphatic rings. The van der Waals surface area contributed by atoms with Gasteiger partial charge in [-0.15, -0.1) is 0 Å². The topological polar surface area (TPSA) is 168 Å². The summed E-state index contributed by atoms with van der Waals surface area (Å²) < 4.78 is 13.4. The van der Waals surface area contributed by atoms with Crippen LogP contribution in [0, 0.1) is 23.7 Å². The summed E-state index contributed by atoms with van der Waals surface area (Å²) in [7, 11) is -4.36. The van der Waals surface area contributed by atoms with Crippen molar-refractivity contribution in [3.8, 4) is 0 Å². The molecular weight excluding hydrogens is 361 g/mol. The number of nitrogens with two attached hydrogens (primary N) is 1. The van der Waals surface area contributed by atoms with Crippen LogP contribution in [-0.4, -0.2) is 57.4 Å². The van der Waals surface area contributed by atoms with Crippen LogP contribution in [0.3, 0.4) is 0 Å². The van der Waals surface area contributed by atoms with Gasteiger partial charge in [0.2, 0.25) is 0 Å². The minimum absolute atomic E-state index is 0.228. The molecule has 0 aromatic carbocycles. The van der Waals surface area contributed by atoms with Crippen molar-refractivity contribution in [2.24, 2.45) is 16.7 Å². The summed E-state index contributed by atoms with van der Waals surface area (Å²) >= 11 is 0. The zero-order valence-electron chi connectivity index (χ0n) is 14.2. The van der Waals surface area contributed by atoms with Gasteiger partial charge in [0.1, 0.15) is 16.9 Å². The second-order valence-corrected chi connectivity index (χ2v) is 9.93. The average Bonchev–Trinajstić information content (AvgIpc) is 3.06. The number of anilines is 1. The Morgan fingerprint density at radius 2 is 2.12 bits per heavy atom. The van der Waals surface area contributed by atoms with E-state index in [4.69, 9.17) is 5.73 Å². The minimum atomic E-state index is -4.36. The predicted octanol–water partition coefficient (Wildman–Crippen LogP) is -0.432. The Balaban J connectivity index is 1.67. The van der Waals surface area contributed by atoms with Crippen LogP contribution in [0.1, 0.15) is 25.2 Å². The molecule has 0 saturated heterocycles. The Hall–Kier alpha value is -1.58. The normalized spacial score (nSPS) is 43.4. The van der Waals surface area contributed by atoms with Gasteiger partial charge in [-0.1, -0.05) is 6.92 Å². The van der Waals surface area contributed by atoms with Gasteiger partial charge in [0, 0.05) is 10.8 Å². The molecule has 6 atom stereocenters. The molecule has 0 amide bonds. The first-order valence-electron chi connectivity index (χ1n) is 8.37. The molecule has 6 N–H and O–H groups in total. The van der Waals surface area contributed by atoms with E-state index in [1.54, 1.807) is 11.5 Å². The second kappa shape index (κ2) is 4.28. The molecule has 2 aromatic heterocycles. The Kier molecular flexibility index (Phi) is 2.73. The van der Waals surface area contributed by atoms with E-state index in [1.165, 1.54) is 6.33 Å². The van der Waals surface area contributed by atoms with Gasteiger partial charge in [-0.25, -0.2) is 15.0 Å². The molecule has 26 heavy (non-hydrogen) atoms. The van der Waals surface area contributed by atoms with Crippen LogP contribution in [0.5, 0.6) is 0 Å². The van der Waals surface area contributed by atoms with Gasteiger partial charge in [-0.2, -0.15) is 0 Å². The van der Waals surface area contributed by atoms with Gasteiger partial charge < -0.3 is 30.3 Å². The number of aliphatic hydroxyl groups excluding tert-OH is 1. The number of nitrogens with zero attached hydrogens (tertiary/aromatic N) is 4. The smallest absolute Gasteiger partial charge is 0.326 e. The highest BCUT2D eigenvalue weighted by Gasteiger charge is 2.94. The van der Waals surface area contributed by atoms with Crippen molar-refractivity contribution in [2.45, 2.75) is 38.0 Å². The lowest BCUT2D eigenvalue weighted by molar-refractivity contribution is -0.259. The molecule has 2 heterocycles. The van der Waals surface area contributed by atoms with Crippen LogP contribution in [0.2, 0.25) is 0 Å². The van der Waals surface area contributed by atoms with Crippen LogP contribution >= 0.6 is 7.60 Å². The van der Waals surface area contributed by atoms with E-state index in [0.29, 0.717) is 23.4 Å². The van der Waals surface area contributed by atoms with Crippen molar-refractivity contribution < 1.29 is 24.6 Å². The molecule has 6 unspecified atom stereocenters. The van der Waals surface area contributed by atoms with Crippen LogP contribution in [0.15, 0.2) is 6.33 Å². The molecule has 140 valence electrons. The molecule has 10 nitrogen and oxygen atoms in total. The average molecular weight is 381 g/mol. The molecule has 0 spiro atoms. The molecule has 11 heteroatoms. The summed E-state index contributed by atoms with van der Waals surface area (Å²) in [6.45, 7) is 3.55. The van der Waals surface area contributed by atoms with E-state index in [0.717, 1.165) is 0 Å². The van der Waals surface area contributed by atoms with Crippen molar-refractivity contribution >= 4 is 24.6 Å². The number of imidazole rings is 1. The van der Waals surface area contributed by atoms with E-state index in [1.807, 2.05) is 6.92 Å². The molecule has 7 rings (SSSR count). The Morgan fingerprint density at radius 1 is 1.42 bits per heavy atom. The Morgan fingerprint density at radius 3 is 2.77 bits per heavy atom. The highest BCUT2D eigenvalue weighted by molar-refractivity contribution is 7.51. The van der Waals surface area contributed by atoms with E-state index in [2.05, 4.69) is 15.0 Å². The molecule has 5 fully saturated rings. The van der Waals surface area contributed by atoms with Gasteiger partial charge in [0.05, 0.1) is 24.6 Å². The molecule has 0 radical (unpaired) electrons. The largest absolute Gasteiger partial charge is 0.389 e. The first kappa shape index (κ1) is 16.6. The van der Waals surface area contributed by atoms with Crippen molar-refractivity contribution in [2.75, 3.05) is 11.9 Å². The third-order valence-corrected chi connectivity index (χ3v) is 8.01. The number of aryl methyl sites for hydroxylation is 1. The maximum atomic E-state index is 11.7. The van der Waals surface area contributed by atoms with Gasteiger partial charge in [-0.05, 0) is 19.3 Å². The predicted molar refractivity (Wildman–Crippen MR) is 90.0 cm³/mol. The summed E-state index contributed by atoms with van der Waals surface area (Å²) in [4.78, 5) is 31.7. The van der Waals surface area contributed by atoms with Gasteiger partial charge in [0.15, 0.2) is 11.5 Å². The lowest BCUT2D eigenvalue weighted by Gasteiger charge is -2.67. The Labute approximate surface area is 148 Å². The lowest BCUT2D eigenvalue weighted by atomic mass is 9.40. The van der Waals surface area contributed by atoms with E-state index >= 15 is 0 Å². The van der Waals surface area contributed by atoms with Crippen LogP contribution in [0.25, 0.3) is 11.2 Å². The summed E-state index contributed by atoms with van der Waals surface area (Å²) in [6.07, 6.45) is 0.221. The number of fused-ring (bicyclic) bond motifs is 1. The zero-order valence-corrected chi connectivity index (χ0v) is 15.1. The third-order valence-electron chi connectivity index (χ3n) is 7.01. The molecule has 5 saturated carbocycles. The van der Waals surface area contributed by atoms with Gasteiger partial charge in [-0.3, -0.25) is 4.57 Å². The SMILES string of the molecule is Cc1nc(N)c2ncn(C3C4C5(CP(=O)(O)O)CC4(C)C3(O)C5O)c2n1. The molecular formula is C15H20N5O5P. The fourth-order valence-electron chi connectivity index (χ4n) is 6.39. The van der Waals surface area contributed by atoms with E-state index < -0.39 is 42.3 Å². The quantitative estimate of drug-likeness (QED) is 0.443. The van der Waals surface area contributed by atoms with E-state index in [-0.39, 0.29) is 11.7 Å². The summed E-state index contributed by atoms with van der Waals surface area (Å²) in [5.41, 5.74) is 3.68. The van der Waals surface area contributed by atoms with E-state index in [9.17, 15) is 24.6 Å². The summed E-state index contributed by atoms with van der Waals surface area (Å²) in [6, 6.07) is -0.568. The van der Waals surface area contributed by atoms with Crippen LogP contribution < -0.4 is 5.73 Å². The summed E-state index contributed by atoms with van der Waals surface area (Å²) in [5.74, 6) is 0.403. The zero-order chi connectivity index (χ0) is 18.9. The standard InChI is InChI=1S/C15H20N5O5P/c1-6-18-10(16)7-11(19-6)20(5-17-7)9-8-13(2)3-14(8,4-26(23,24)25)12(21)15(9,13)22/h5,8-9,12,21-22H,3-4H2,1-2H3,(H2,16,18,19)(H2,23,24,25). The number of nitrogen functional groups attached to an aromatic ring is 1. The van der Waals surface area contributed by atoms with Gasteiger partial charge >= 0.3 is 7.60 Å². The highest BCUT2D eigenvalue weighted by Crippen LogP contribution is 2.89. The minimum Gasteiger partial charge on any atom is -0.389 e. The first-order valence-corrected chi connectivity index (χ1v) is 10.2. The summed E-state index contributed by atoms with van der Waals surface area (Å²) in [5, 5.41) is 22.2. The molecule has 5 aliphatic carbocycles. The molecule has 0 aliphatic heterocycles. The number of hydrogen-bond donors (Lipinski definition) is 5. The van der Waals surface area contributed by atoms with Crippen molar-refractivity contribution in [1.29, 1.82) is 0 Å². The maximum absolute atomic E-state index is 11.7. The van der Waals surface area contributed by atoms with Crippen molar-refractivity contribution in [3.05, 3.63) is 12.2 Å². The maximum Gasteiger partial charge on any atom is 0.326 e. The van der Waals surface area contributed by atoms with Gasteiger partial charge in [0.25, 0.3) is 0 Å². The fraction of sp³-hybridized carbons (Fsp3) is 0.667. The number of aliphatic hydroxyl groups is 2. The van der Waals surface area contributed by atoms with Crippen LogP contribution in [-0.2, 0) is 4.57 Å².